The van der Waals surface area contributed by atoms with Crippen molar-refractivity contribution in [2.24, 2.45) is 17.8 Å². The normalized spacial score (nSPS) is 26.8. The van der Waals surface area contributed by atoms with Crippen LogP contribution in [-0.2, 0) is 4.79 Å². The first-order chi connectivity index (χ1) is 8.65. The largest absolute Gasteiger partial charge is 0.342 e. The molecule has 0 aliphatic carbocycles. The highest BCUT2D eigenvalue weighted by atomic mass is 35.5. The Kier molecular flexibility index (Phi) is 7.16. The van der Waals surface area contributed by atoms with Crippen molar-refractivity contribution < 1.29 is 4.79 Å². The Labute approximate surface area is 123 Å². The Hall–Kier alpha value is -0.280. The van der Waals surface area contributed by atoms with Crippen molar-refractivity contribution in [2.75, 3.05) is 26.2 Å². The number of carbonyl (C=O) groups is 1. The van der Waals surface area contributed by atoms with E-state index >= 15 is 0 Å². The summed E-state index contributed by atoms with van der Waals surface area (Å²) < 4.78 is 0. The third-order valence-corrected chi connectivity index (χ3v) is 4.37. The number of likely N-dealkylation sites (tertiary alicyclic amines) is 1. The summed E-state index contributed by atoms with van der Waals surface area (Å²) in [6.07, 6.45) is 5.59. The average Bonchev–Trinajstić information content (AvgIpc) is 2.95. The van der Waals surface area contributed by atoms with E-state index in [0.29, 0.717) is 5.91 Å². The van der Waals surface area contributed by atoms with Gasteiger partial charge in [-0.05, 0) is 56.5 Å². The van der Waals surface area contributed by atoms with Crippen LogP contribution in [0.15, 0.2) is 0 Å². The van der Waals surface area contributed by atoms with Crippen molar-refractivity contribution in [2.45, 2.75) is 46.0 Å². The van der Waals surface area contributed by atoms with Crippen molar-refractivity contribution >= 4 is 18.3 Å². The van der Waals surface area contributed by atoms with Crippen LogP contribution in [0.5, 0.6) is 0 Å². The van der Waals surface area contributed by atoms with E-state index in [2.05, 4.69) is 24.1 Å². The summed E-state index contributed by atoms with van der Waals surface area (Å²) in [5.74, 6) is 2.65. The maximum Gasteiger partial charge on any atom is 0.222 e. The molecule has 0 aromatic heterocycles. The molecule has 112 valence electrons. The molecule has 2 atom stereocenters. The van der Waals surface area contributed by atoms with Gasteiger partial charge in [-0.3, -0.25) is 4.79 Å². The molecular formula is C15H29ClN2O. The van der Waals surface area contributed by atoms with Crippen LogP contribution in [0.25, 0.3) is 0 Å². The summed E-state index contributed by atoms with van der Waals surface area (Å²) in [6, 6.07) is 0. The Balaban J connectivity index is 0.00000180. The molecule has 4 heteroatoms. The highest BCUT2D eigenvalue weighted by Crippen LogP contribution is 2.24. The summed E-state index contributed by atoms with van der Waals surface area (Å²) in [5, 5.41) is 3.37. The SMILES string of the molecule is CC(C)CC1CCN(C(=O)CCC2CCNC2)C1.Cl. The topological polar surface area (TPSA) is 32.3 Å². The smallest absolute Gasteiger partial charge is 0.222 e. The van der Waals surface area contributed by atoms with Crippen molar-refractivity contribution in [1.29, 1.82) is 0 Å². The molecule has 19 heavy (non-hydrogen) atoms. The fraction of sp³-hybridized carbons (Fsp3) is 0.933. The second kappa shape index (κ2) is 8.11. The summed E-state index contributed by atoms with van der Waals surface area (Å²) >= 11 is 0. The maximum atomic E-state index is 12.1. The number of carbonyl (C=O) groups excluding carboxylic acids is 1. The Morgan fingerprint density at radius 2 is 2.11 bits per heavy atom. The number of nitrogens with zero attached hydrogens (tertiary/aromatic N) is 1. The van der Waals surface area contributed by atoms with E-state index in [-0.39, 0.29) is 12.4 Å². The van der Waals surface area contributed by atoms with E-state index in [4.69, 9.17) is 0 Å². The van der Waals surface area contributed by atoms with Gasteiger partial charge in [0.25, 0.3) is 0 Å². The lowest BCUT2D eigenvalue weighted by atomic mass is 9.97. The zero-order valence-electron chi connectivity index (χ0n) is 12.4. The van der Waals surface area contributed by atoms with E-state index in [1.807, 2.05) is 0 Å². The Morgan fingerprint density at radius 3 is 2.74 bits per heavy atom. The predicted octanol–water partition coefficient (Wildman–Crippen LogP) is 2.69. The van der Waals surface area contributed by atoms with Crippen molar-refractivity contribution in [3.63, 3.8) is 0 Å². The molecule has 1 N–H and O–H groups in total. The second-order valence-corrected chi connectivity index (χ2v) is 6.52. The number of amides is 1. The third-order valence-electron chi connectivity index (χ3n) is 4.37. The van der Waals surface area contributed by atoms with Gasteiger partial charge in [0.05, 0.1) is 0 Å². The molecule has 0 bridgehead atoms. The van der Waals surface area contributed by atoms with Crippen LogP contribution in [0.2, 0.25) is 0 Å². The molecule has 2 rings (SSSR count). The van der Waals surface area contributed by atoms with Crippen LogP contribution < -0.4 is 5.32 Å². The van der Waals surface area contributed by atoms with E-state index in [1.54, 1.807) is 0 Å². The van der Waals surface area contributed by atoms with Crippen LogP contribution >= 0.6 is 12.4 Å². The van der Waals surface area contributed by atoms with Crippen LogP contribution in [-0.4, -0.2) is 37.0 Å². The van der Waals surface area contributed by atoms with Gasteiger partial charge in [-0.2, -0.15) is 0 Å². The lowest BCUT2D eigenvalue weighted by molar-refractivity contribution is -0.130. The molecule has 1 amide bonds. The highest BCUT2D eigenvalue weighted by molar-refractivity contribution is 5.85. The monoisotopic (exact) mass is 288 g/mol. The van der Waals surface area contributed by atoms with Gasteiger partial charge in [0.2, 0.25) is 5.91 Å². The van der Waals surface area contributed by atoms with E-state index in [1.165, 1.54) is 19.3 Å². The van der Waals surface area contributed by atoms with Gasteiger partial charge in [-0.25, -0.2) is 0 Å². The lowest BCUT2D eigenvalue weighted by Gasteiger charge is -2.18. The summed E-state index contributed by atoms with van der Waals surface area (Å²) in [4.78, 5) is 14.2. The van der Waals surface area contributed by atoms with E-state index < -0.39 is 0 Å². The zero-order chi connectivity index (χ0) is 13.0. The van der Waals surface area contributed by atoms with Gasteiger partial charge in [0.15, 0.2) is 0 Å². The molecule has 2 saturated heterocycles. The molecule has 2 fully saturated rings. The van der Waals surface area contributed by atoms with E-state index in [0.717, 1.165) is 56.8 Å². The molecule has 0 saturated carbocycles. The quantitative estimate of drug-likeness (QED) is 0.844. The molecule has 2 unspecified atom stereocenters. The van der Waals surface area contributed by atoms with Crippen LogP contribution in [0.4, 0.5) is 0 Å². The lowest BCUT2D eigenvalue weighted by Crippen LogP contribution is -2.29. The first-order valence-corrected chi connectivity index (χ1v) is 7.63. The number of nitrogens with one attached hydrogen (secondary N) is 1. The molecule has 0 radical (unpaired) electrons. The molecule has 2 heterocycles. The van der Waals surface area contributed by atoms with Crippen molar-refractivity contribution in [3.05, 3.63) is 0 Å². The third kappa shape index (κ3) is 5.31. The molecule has 2 aliphatic heterocycles. The Morgan fingerprint density at radius 1 is 1.32 bits per heavy atom. The van der Waals surface area contributed by atoms with Gasteiger partial charge < -0.3 is 10.2 Å². The molecule has 3 nitrogen and oxygen atoms in total. The summed E-state index contributed by atoms with van der Waals surface area (Å²) in [6.45, 7) is 8.82. The van der Waals surface area contributed by atoms with Gasteiger partial charge >= 0.3 is 0 Å². The first kappa shape index (κ1) is 16.8. The van der Waals surface area contributed by atoms with Crippen molar-refractivity contribution in [1.82, 2.24) is 10.2 Å². The minimum absolute atomic E-state index is 0. The molecule has 0 spiro atoms. The number of hydrogen-bond acceptors (Lipinski definition) is 2. The molecule has 2 aliphatic rings. The summed E-state index contributed by atoms with van der Waals surface area (Å²) in [5.41, 5.74) is 0. The van der Waals surface area contributed by atoms with Crippen LogP contribution in [0.3, 0.4) is 0 Å². The fourth-order valence-corrected chi connectivity index (χ4v) is 3.36. The highest BCUT2D eigenvalue weighted by Gasteiger charge is 2.27. The zero-order valence-corrected chi connectivity index (χ0v) is 13.2. The molecule has 0 aromatic carbocycles. The van der Waals surface area contributed by atoms with E-state index in [9.17, 15) is 4.79 Å². The average molecular weight is 289 g/mol. The predicted molar refractivity (Wildman–Crippen MR) is 81.6 cm³/mol. The fourth-order valence-electron chi connectivity index (χ4n) is 3.36. The second-order valence-electron chi connectivity index (χ2n) is 6.52. The Bertz CT molecular complexity index is 277. The van der Waals surface area contributed by atoms with Crippen LogP contribution in [0, 0.1) is 17.8 Å². The summed E-state index contributed by atoms with van der Waals surface area (Å²) in [7, 11) is 0. The van der Waals surface area contributed by atoms with Gasteiger partial charge in [-0.15, -0.1) is 12.4 Å². The minimum atomic E-state index is 0. The maximum absolute atomic E-state index is 12.1. The van der Waals surface area contributed by atoms with Crippen molar-refractivity contribution in [3.8, 4) is 0 Å². The van der Waals surface area contributed by atoms with Crippen LogP contribution in [0.1, 0.15) is 46.0 Å². The minimum Gasteiger partial charge on any atom is -0.342 e. The van der Waals surface area contributed by atoms with Gasteiger partial charge in [-0.1, -0.05) is 13.8 Å². The molecular weight excluding hydrogens is 260 g/mol. The van der Waals surface area contributed by atoms with Gasteiger partial charge in [0, 0.05) is 19.5 Å². The number of rotatable bonds is 5. The van der Waals surface area contributed by atoms with Gasteiger partial charge in [0.1, 0.15) is 0 Å². The standard InChI is InChI=1S/C15H28N2O.ClH/c1-12(2)9-14-6-8-17(11-14)15(18)4-3-13-5-7-16-10-13;/h12-14,16H,3-11H2,1-2H3;1H. The number of halogens is 1. The first-order valence-electron chi connectivity index (χ1n) is 7.63. The number of hydrogen-bond donors (Lipinski definition) is 1. The molecule has 0 aromatic rings.